The van der Waals surface area contributed by atoms with Crippen LogP contribution < -0.4 is 0 Å². The first-order valence-electron chi connectivity index (χ1n) is 18.9. The molecule has 1 aromatic heterocycles. The lowest BCUT2D eigenvalue weighted by molar-refractivity contribution is 0.794. The first kappa shape index (κ1) is 30.3. The van der Waals surface area contributed by atoms with Crippen LogP contribution in [0.4, 0.5) is 0 Å². The van der Waals surface area contributed by atoms with Crippen molar-refractivity contribution < 1.29 is 0 Å². The SMILES string of the molecule is c1ccc(-c2nc(-c3ccc4c5ccccc5c5ccccc5c4c3)nc(-c3cccc4c3-c3ccccc3C43c4ccccc4-c4ccccc43)n2)cc1. The monoisotopic (exact) mass is 697 g/mol. The van der Waals surface area contributed by atoms with Crippen molar-refractivity contribution in [3.8, 4) is 56.4 Å². The molecular formula is C52H31N3. The summed E-state index contributed by atoms with van der Waals surface area (Å²) in [7, 11) is 0. The Morgan fingerprint density at radius 2 is 0.709 bits per heavy atom. The van der Waals surface area contributed by atoms with Gasteiger partial charge in [-0.2, -0.15) is 0 Å². The van der Waals surface area contributed by atoms with Crippen molar-refractivity contribution in [2.75, 3.05) is 0 Å². The van der Waals surface area contributed by atoms with E-state index in [0.717, 1.165) is 16.7 Å². The minimum absolute atomic E-state index is 0.449. The van der Waals surface area contributed by atoms with E-state index in [1.807, 2.05) is 18.2 Å². The molecule has 3 nitrogen and oxygen atoms in total. The number of fused-ring (bicyclic) bond motifs is 16. The van der Waals surface area contributed by atoms with Gasteiger partial charge in [-0.1, -0.05) is 182 Å². The fourth-order valence-corrected chi connectivity index (χ4v) is 9.72. The van der Waals surface area contributed by atoms with Crippen molar-refractivity contribution in [2.45, 2.75) is 5.41 Å². The molecule has 0 radical (unpaired) electrons. The van der Waals surface area contributed by atoms with E-state index >= 15 is 0 Å². The summed E-state index contributed by atoms with van der Waals surface area (Å²) < 4.78 is 0. The van der Waals surface area contributed by atoms with Gasteiger partial charge in [-0.05, 0) is 82.9 Å². The third-order valence-electron chi connectivity index (χ3n) is 11.9. The minimum Gasteiger partial charge on any atom is -0.208 e. The Balaban J connectivity index is 1.13. The van der Waals surface area contributed by atoms with E-state index in [2.05, 4.69) is 170 Å². The second-order valence-electron chi connectivity index (χ2n) is 14.6. The molecule has 10 aromatic rings. The second kappa shape index (κ2) is 11.4. The Labute approximate surface area is 318 Å². The summed E-state index contributed by atoms with van der Waals surface area (Å²) >= 11 is 0. The Bertz CT molecular complexity index is 3140. The minimum atomic E-state index is -0.449. The molecule has 3 heteroatoms. The summed E-state index contributed by atoms with van der Waals surface area (Å²) in [6.45, 7) is 0. The van der Waals surface area contributed by atoms with Crippen LogP contribution in [-0.2, 0) is 5.41 Å². The van der Waals surface area contributed by atoms with Gasteiger partial charge in [-0.3, -0.25) is 0 Å². The standard InChI is InChI=1S/C52H31N3/c1-2-15-32(16-3-1)49-53-50(33-29-30-38-36-19-5-4-17-34(36)35-18-6-7-20-37(35)43(38)31-33)55-51(54-49)42-24-14-28-47-48(42)41-23-10-13-27-46(41)52(47)44-25-11-8-21-39(44)40-22-9-12-26-45(40)52/h1-31H. The van der Waals surface area contributed by atoms with Crippen molar-refractivity contribution in [1.82, 2.24) is 15.0 Å². The Hall–Kier alpha value is -7.23. The van der Waals surface area contributed by atoms with E-state index in [4.69, 9.17) is 15.0 Å². The largest absolute Gasteiger partial charge is 0.208 e. The number of benzene rings is 9. The van der Waals surface area contributed by atoms with E-state index in [-0.39, 0.29) is 0 Å². The lowest BCUT2D eigenvalue weighted by atomic mass is 9.70. The normalized spacial score (nSPS) is 13.2. The Morgan fingerprint density at radius 1 is 0.273 bits per heavy atom. The van der Waals surface area contributed by atoms with Gasteiger partial charge in [0.1, 0.15) is 0 Å². The third kappa shape index (κ3) is 4.12. The molecule has 254 valence electrons. The molecule has 12 rings (SSSR count). The molecule has 0 fully saturated rings. The van der Waals surface area contributed by atoms with Crippen LogP contribution in [0.5, 0.6) is 0 Å². The molecule has 1 heterocycles. The summed E-state index contributed by atoms with van der Waals surface area (Å²) in [5.41, 5.74) is 12.6. The molecule has 2 aliphatic rings. The number of hydrogen-bond donors (Lipinski definition) is 0. The maximum absolute atomic E-state index is 5.38. The van der Waals surface area contributed by atoms with E-state index < -0.39 is 5.41 Å². The van der Waals surface area contributed by atoms with Gasteiger partial charge in [-0.15, -0.1) is 0 Å². The van der Waals surface area contributed by atoms with Crippen LogP contribution in [-0.4, -0.2) is 15.0 Å². The molecule has 0 bridgehead atoms. The van der Waals surface area contributed by atoms with Crippen LogP contribution in [0.3, 0.4) is 0 Å². The third-order valence-corrected chi connectivity index (χ3v) is 11.9. The van der Waals surface area contributed by atoms with Gasteiger partial charge in [0.2, 0.25) is 0 Å². The van der Waals surface area contributed by atoms with E-state index in [0.29, 0.717) is 17.5 Å². The van der Waals surface area contributed by atoms with Gasteiger partial charge in [0.25, 0.3) is 0 Å². The van der Waals surface area contributed by atoms with Crippen molar-refractivity contribution in [3.05, 3.63) is 210 Å². The smallest absolute Gasteiger partial charge is 0.164 e. The summed E-state index contributed by atoms with van der Waals surface area (Å²) in [5, 5.41) is 7.37. The maximum atomic E-state index is 5.38. The molecule has 9 aromatic carbocycles. The zero-order valence-electron chi connectivity index (χ0n) is 29.7. The van der Waals surface area contributed by atoms with Gasteiger partial charge < -0.3 is 0 Å². The first-order valence-corrected chi connectivity index (χ1v) is 18.9. The average Bonchev–Trinajstić information content (AvgIpc) is 3.74. The molecule has 0 atom stereocenters. The van der Waals surface area contributed by atoms with Crippen LogP contribution in [0.15, 0.2) is 188 Å². The highest BCUT2D eigenvalue weighted by Crippen LogP contribution is 2.63. The highest BCUT2D eigenvalue weighted by atomic mass is 15.0. The van der Waals surface area contributed by atoms with Gasteiger partial charge in [0.15, 0.2) is 17.5 Å². The highest BCUT2D eigenvalue weighted by molar-refractivity contribution is 6.25. The lowest BCUT2D eigenvalue weighted by Crippen LogP contribution is -2.25. The number of aromatic nitrogens is 3. The fraction of sp³-hybridized carbons (Fsp3) is 0.0192. The summed E-state index contributed by atoms with van der Waals surface area (Å²) in [6.07, 6.45) is 0. The molecule has 0 unspecified atom stereocenters. The predicted octanol–water partition coefficient (Wildman–Crippen LogP) is 12.7. The van der Waals surface area contributed by atoms with E-state index in [9.17, 15) is 0 Å². The van der Waals surface area contributed by atoms with Crippen molar-refractivity contribution >= 4 is 32.3 Å². The molecular weight excluding hydrogens is 667 g/mol. The van der Waals surface area contributed by atoms with Crippen LogP contribution in [0.25, 0.3) is 88.7 Å². The van der Waals surface area contributed by atoms with Crippen LogP contribution in [0.1, 0.15) is 22.3 Å². The molecule has 55 heavy (non-hydrogen) atoms. The second-order valence-corrected chi connectivity index (χ2v) is 14.6. The summed E-state index contributed by atoms with van der Waals surface area (Å²) in [6, 6.07) is 67.8. The van der Waals surface area contributed by atoms with Gasteiger partial charge in [-0.25, -0.2) is 15.0 Å². The number of rotatable bonds is 3. The fourth-order valence-electron chi connectivity index (χ4n) is 9.72. The Morgan fingerprint density at radius 3 is 1.35 bits per heavy atom. The molecule has 0 amide bonds. The van der Waals surface area contributed by atoms with Gasteiger partial charge >= 0.3 is 0 Å². The Kier molecular flexibility index (Phi) is 6.26. The topological polar surface area (TPSA) is 38.7 Å². The summed E-state index contributed by atoms with van der Waals surface area (Å²) in [4.78, 5) is 15.9. The van der Waals surface area contributed by atoms with Crippen LogP contribution >= 0.6 is 0 Å². The number of nitrogens with zero attached hydrogens (tertiary/aromatic N) is 3. The molecule has 1 spiro atoms. The van der Waals surface area contributed by atoms with E-state index in [1.54, 1.807) is 0 Å². The maximum Gasteiger partial charge on any atom is 0.164 e. The number of hydrogen-bond acceptors (Lipinski definition) is 3. The first-order chi connectivity index (χ1) is 27.3. The zero-order valence-corrected chi connectivity index (χ0v) is 29.7. The van der Waals surface area contributed by atoms with Crippen LogP contribution in [0, 0.1) is 0 Å². The van der Waals surface area contributed by atoms with Crippen molar-refractivity contribution in [3.63, 3.8) is 0 Å². The zero-order chi connectivity index (χ0) is 36.1. The van der Waals surface area contributed by atoms with Crippen molar-refractivity contribution in [1.29, 1.82) is 0 Å². The van der Waals surface area contributed by atoms with E-state index in [1.165, 1.54) is 76.8 Å². The van der Waals surface area contributed by atoms with Gasteiger partial charge in [0, 0.05) is 16.7 Å². The predicted molar refractivity (Wildman–Crippen MR) is 225 cm³/mol. The molecule has 0 saturated heterocycles. The molecule has 0 saturated carbocycles. The average molecular weight is 698 g/mol. The molecule has 2 aliphatic carbocycles. The lowest BCUT2D eigenvalue weighted by Gasteiger charge is -2.30. The molecule has 0 N–H and O–H groups in total. The van der Waals surface area contributed by atoms with Crippen LogP contribution in [0.2, 0.25) is 0 Å². The van der Waals surface area contributed by atoms with Gasteiger partial charge in [0.05, 0.1) is 5.41 Å². The molecule has 0 aliphatic heterocycles. The highest BCUT2D eigenvalue weighted by Gasteiger charge is 2.52. The van der Waals surface area contributed by atoms with Crippen molar-refractivity contribution in [2.24, 2.45) is 0 Å². The summed E-state index contributed by atoms with van der Waals surface area (Å²) in [5.74, 6) is 1.97. The quantitative estimate of drug-likeness (QED) is 0.173.